The summed E-state index contributed by atoms with van der Waals surface area (Å²) in [4.78, 5) is 36.5. The lowest BCUT2D eigenvalue weighted by Crippen LogP contribution is -2.38. The highest BCUT2D eigenvalue weighted by molar-refractivity contribution is 6.10. The van der Waals surface area contributed by atoms with Crippen molar-refractivity contribution in [1.29, 1.82) is 0 Å². The Labute approximate surface area is 93.5 Å². The minimum Gasteiger partial charge on any atom is -0.337 e. The number of imide groups is 1. The lowest BCUT2D eigenvalue weighted by Gasteiger charge is -2.25. The molecule has 2 saturated heterocycles. The highest BCUT2D eigenvalue weighted by atomic mass is 16.2. The maximum Gasteiger partial charge on any atom is 0.246 e. The van der Waals surface area contributed by atoms with Crippen LogP contribution in [0, 0.1) is 10.8 Å². The molecule has 0 aromatic heterocycles. The highest BCUT2D eigenvalue weighted by Gasteiger charge is 2.66. The Hall–Kier alpha value is -1.65. The SMILES string of the molecule is C=CC(=O)N1CC2(C)C(=O)NC(=O)C2(C)C1. The van der Waals surface area contributed by atoms with Crippen LogP contribution in [0.2, 0.25) is 0 Å². The van der Waals surface area contributed by atoms with E-state index < -0.39 is 10.8 Å². The number of amides is 3. The molecule has 2 unspecified atom stereocenters. The molecule has 86 valence electrons. The number of fused-ring (bicyclic) bond motifs is 1. The molecule has 0 bridgehead atoms. The molecule has 2 rings (SSSR count). The van der Waals surface area contributed by atoms with E-state index in [4.69, 9.17) is 0 Å². The van der Waals surface area contributed by atoms with Crippen LogP contribution in [0.4, 0.5) is 0 Å². The van der Waals surface area contributed by atoms with Gasteiger partial charge in [-0.05, 0) is 19.9 Å². The van der Waals surface area contributed by atoms with E-state index >= 15 is 0 Å². The molecule has 0 spiro atoms. The van der Waals surface area contributed by atoms with E-state index in [1.807, 2.05) is 0 Å². The van der Waals surface area contributed by atoms with Crippen molar-refractivity contribution in [2.45, 2.75) is 13.8 Å². The zero-order chi connectivity index (χ0) is 12.1. The number of rotatable bonds is 1. The predicted octanol–water partition coefficient (Wildman–Crippen LogP) is -0.316. The van der Waals surface area contributed by atoms with Gasteiger partial charge in [0.15, 0.2) is 0 Å². The third-order valence-corrected chi connectivity index (χ3v) is 3.95. The summed E-state index contributed by atoms with van der Waals surface area (Å²) in [6.07, 6.45) is 1.20. The molecule has 16 heavy (non-hydrogen) atoms. The largest absolute Gasteiger partial charge is 0.337 e. The van der Waals surface area contributed by atoms with Crippen molar-refractivity contribution in [2.24, 2.45) is 10.8 Å². The fraction of sp³-hybridized carbons (Fsp3) is 0.545. The molecule has 5 heteroatoms. The van der Waals surface area contributed by atoms with Crippen LogP contribution < -0.4 is 5.32 Å². The van der Waals surface area contributed by atoms with E-state index in [9.17, 15) is 14.4 Å². The predicted molar refractivity (Wildman–Crippen MR) is 56.1 cm³/mol. The summed E-state index contributed by atoms with van der Waals surface area (Å²) in [5, 5.41) is 2.34. The molecule has 2 aliphatic rings. The molecule has 2 aliphatic heterocycles. The van der Waals surface area contributed by atoms with Crippen molar-refractivity contribution >= 4 is 17.7 Å². The van der Waals surface area contributed by atoms with Crippen molar-refractivity contribution in [3.63, 3.8) is 0 Å². The second kappa shape index (κ2) is 2.93. The summed E-state index contributed by atoms with van der Waals surface area (Å²) in [6, 6.07) is 0. The molecule has 2 heterocycles. The van der Waals surface area contributed by atoms with Crippen molar-refractivity contribution < 1.29 is 14.4 Å². The van der Waals surface area contributed by atoms with Gasteiger partial charge < -0.3 is 4.90 Å². The van der Waals surface area contributed by atoms with Gasteiger partial charge in [-0.25, -0.2) is 0 Å². The first-order chi connectivity index (χ1) is 7.35. The van der Waals surface area contributed by atoms with Crippen molar-refractivity contribution in [2.75, 3.05) is 13.1 Å². The van der Waals surface area contributed by atoms with Crippen LogP contribution in [0.5, 0.6) is 0 Å². The molecule has 0 aromatic rings. The smallest absolute Gasteiger partial charge is 0.246 e. The highest BCUT2D eigenvalue weighted by Crippen LogP contribution is 2.49. The fourth-order valence-electron chi connectivity index (χ4n) is 2.48. The maximum atomic E-state index is 11.8. The minimum atomic E-state index is -0.817. The van der Waals surface area contributed by atoms with Crippen LogP contribution in [-0.2, 0) is 14.4 Å². The van der Waals surface area contributed by atoms with Gasteiger partial charge in [0.25, 0.3) is 0 Å². The van der Waals surface area contributed by atoms with E-state index in [1.54, 1.807) is 13.8 Å². The monoisotopic (exact) mass is 222 g/mol. The quantitative estimate of drug-likeness (QED) is 0.488. The first kappa shape index (κ1) is 10.9. The molecule has 0 radical (unpaired) electrons. The van der Waals surface area contributed by atoms with Crippen LogP contribution in [0.15, 0.2) is 12.7 Å². The Morgan fingerprint density at radius 2 is 1.75 bits per heavy atom. The van der Waals surface area contributed by atoms with Gasteiger partial charge >= 0.3 is 0 Å². The first-order valence-electron chi connectivity index (χ1n) is 5.12. The van der Waals surface area contributed by atoms with Gasteiger partial charge in [0.05, 0.1) is 10.8 Å². The van der Waals surface area contributed by atoms with Crippen LogP contribution in [0.25, 0.3) is 0 Å². The summed E-state index contributed by atoms with van der Waals surface area (Å²) in [7, 11) is 0. The standard InChI is InChI=1S/C11H14N2O3/c1-4-7(14)13-5-10(2)8(15)12-9(16)11(10,3)6-13/h4H,1,5-6H2,2-3H3,(H,12,15,16). The number of hydrogen-bond donors (Lipinski definition) is 1. The summed E-state index contributed by atoms with van der Waals surface area (Å²) in [5.41, 5.74) is -1.63. The Morgan fingerprint density at radius 1 is 1.31 bits per heavy atom. The zero-order valence-corrected chi connectivity index (χ0v) is 9.37. The number of carbonyl (C=O) groups is 3. The Kier molecular flexibility index (Phi) is 1.99. The van der Waals surface area contributed by atoms with Crippen LogP contribution in [0.1, 0.15) is 13.8 Å². The Bertz CT molecular complexity index is 389. The van der Waals surface area contributed by atoms with E-state index in [1.165, 1.54) is 11.0 Å². The lowest BCUT2D eigenvalue weighted by molar-refractivity contribution is -0.130. The van der Waals surface area contributed by atoms with Crippen LogP contribution in [-0.4, -0.2) is 35.7 Å². The van der Waals surface area contributed by atoms with Crippen molar-refractivity contribution in [3.05, 3.63) is 12.7 Å². The van der Waals surface area contributed by atoms with Gasteiger partial charge in [0, 0.05) is 13.1 Å². The second-order valence-electron chi connectivity index (χ2n) is 4.85. The number of nitrogens with one attached hydrogen (secondary N) is 1. The number of likely N-dealkylation sites (tertiary alicyclic amines) is 1. The van der Waals surface area contributed by atoms with Gasteiger partial charge in [-0.3, -0.25) is 19.7 Å². The van der Waals surface area contributed by atoms with Gasteiger partial charge in [0.1, 0.15) is 0 Å². The third-order valence-electron chi connectivity index (χ3n) is 3.95. The average Bonchev–Trinajstić information content (AvgIpc) is 2.59. The summed E-state index contributed by atoms with van der Waals surface area (Å²) in [5.74, 6) is -0.823. The molecule has 0 aliphatic carbocycles. The molecule has 1 N–H and O–H groups in total. The molecule has 3 amide bonds. The lowest BCUT2D eigenvalue weighted by atomic mass is 9.70. The summed E-state index contributed by atoms with van der Waals surface area (Å²) >= 11 is 0. The summed E-state index contributed by atoms with van der Waals surface area (Å²) < 4.78 is 0. The van der Waals surface area contributed by atoms with Gasteiger partial charge in [-0.1, -0.05) is 6.58 Å². The molecular weight excluding hydrogens is 208 g/mol. The van der Waals surface area contributed by atoms with Crippen LogP contribution in [0.3, 0.4) is 0 Å². The number of nitrogens with zero attached hydrogens (tertiary/aromatic N) is 1. The molecule has 2 fully saturated rings. The van der Waals surface area contributed by atoms with Gasteiger partial charge in [-0.2, -0.15) is 0 Å². The van der Waals surface area contributed by atoms with E-state index in [0.29, 0.717) is 0 Å². The molecule has 2 atom stereocenters. The van der Waals surface area contributed by atoms with Crippen molar-refractivity contribution in [1.82, 2.24) is 10.2 Å². The molecule has 0 aromatic carbocycles. The van der Waals surface area contributed by atoms with E-state index in [2.05, 4.69) is 11.9 Å². The summed E-state index contributed by atoms with van der Waals surface area (Å²) in [6.45, 7) is 7.40. The Balaban J connectivity index is 2.39. The van der Waals surface area contributed by atoms with E-state index in [0.717, 1.165) is 0 Å². The normalized spacial score (nSPS) is 37.2. The first-order valence-corrected chi connectivity index (χ1v) is 5.12. The fourth-order valence-corrected chi connectivity index (χ4v) is 2.48. The minimum absolute atomic E-state index is 0.238. The number of carbonyl (C=O) groups excluding carboxylic acids is 3. The topological polar surface area (TPSA) is 66.5 Å². The Morgan fingerprint density at radius 3 is 2.12 bits per heavy atom. The second-order valence-corrected chi connectivity index (χ2v) is 4.85. The van der Waals surface area contributed by atoms with Crippen LogP contribution >= 0.6 is 0 Å². The van der Waals surface area contributed by atoms with Gasteiger partial charge in [0.2, 0.25) is 17.7 Å². The molecular formula is C11H14N2O3. The maximum absolute atomic E-state index is 11.8. The van der Waals surface area contributed by atoms with Gasteiger partial charge in [-0.15, -0.1) is 0 Å². The zero-order valence-electron chi connectivity index (χ0n) is 9.37. The third kappa shape index (κ3) is 1.03. The average molecular weight is 222 g/mol. The van der Waals surface area contributed by atoms with Crippen molar-refractivity contribution in [3.8, 4) is 0 Å². The van der Waals surface area contributed by atoms with E-state index in [-0.39, 0.29) is 30.8 Å². The number of hydrogen-bond acceptors (Lipinski definition) is 3. The molecule has 5 nitrogen and oxygen atoms in total. The molecule has 0 saturated carbocycles.